The summed E-state index contributed by atoms with van der Waals surface area (Å²) in [6.45, 7) is 4.29. The van der Waals surface area contributed by atoms with Gasteiger partial charge in [-0.05, 0) is 81.8 Å². The predicted octanol–water partition coefficient (Wildman–Crippen LogP) is 4.38. The van der Waals surface area contributed by atoms with E-state index >= 15 is 0 Å². The lowest BCUT2D eigenvalue weighted by Gasteiger charge is -2.59. The quantitative estimate of drug-likeness (QED) is 0.557. The highest BCUT2D eigenvalue weighted by Gasteiger charge is 2.58. The number of sulfonamides is 1. The third-order valence-corrected chi connectivity index (χ3v) is 11.0. The highest BCUT2D eigenvalue weighted by Crippen LogP contribution is 2.63. The van der Waals surface area contributed by atoms with Crippen LogP contribution in [-0.4, -0.2) is 36.5 Å². The number of hydrogen-bond acceptors (Lipinski definition) is 4. The van der Waals surface area contributed by atoms with Gasteiger partial charge >= 0.3 is 6.18 Å². The normalized spacial score (nSPS) is 30.6. The molecular formula is C25H33F3N2O4S. The molecule has 4 aliphatic rings. The summed E-state index contributed by atoms with van der Waals surface area (Å²) >= 11 is 0. The Morgan fingerprint density at radius 1 is 1.09 bits per heavy atom. The molecule has 4 aliphatic carbocycles. The van der Waals surface area contributed by atoms with Gasteiger partial charge in [-0.1, -0.05) is 19.1 Å². The van der Waals surface area contributed by atoms with Crippen molar-refractivity contribution in [3.05, 3.63) is 29.8 Å². The highest BCUT2D eigenvalue weighted by atomic mass is 32.2. The molecular weight excluding hydrogens is 481 g/mol. The van der Waals surface area contributed by atoms with Crippen molar-refractivity contribution in [2.75, 3.05) is 6.54 Å². The van der Waals surface area contributed by atoms with Crippen LogP contribution in [0.2, 0.25) is 0 Å². The Kier molecular flexibility index (Phi) is 6.40. The molecule has 4 saturated carbocycles. The number of carbonyl (C=O) groups is 2. The molecule has 35 heavy (non-hydrogen) atoms. The number of nitrogens with two attached hydrogens (primary N) is 1. The molecule has 0 spiro atoms. The van der Waals surface area contributed by atoms with E-state index in [0.717, 1.165) is 41.8 Å². The molecule has 0 aliphatic heterocycles. The van der Waals surface area contributed by atoms with E-state index in [0.29, 0.717) is 18.8 Å². The van der Waals surface area contributed by atoms with Gasteiger partial charge in [0.05, 0.1) is 16.0 Å². The lowest BCUT2D eigenvalue weighted by Crippen LogP contribution is -2.58. The van der Waals surface area contributed by atoms with Crippen LogP contribution in [0.5, 0.6) is 0 Å². The van der Waals surface area contributed by atoms with Gasteiger partial charge in [0.15, 0.2) is 5.78 Å². The van der Waals surface area contributed by atoms with Crippen molar-refractivity contribution in [1.29, 1.82) is 0 Å². The maximum Gasteiger partial charge on any atom is 0.417 e. The van der Waals surface area contributed by atoms with Crippen molar-refractivity contribution in [3.63, 3.8) is 0 Å². The number of primary amides is 1. The van der Waals surface area contributed by atoms with Crippen molar-refractivity contribution in [2.24, 2.45) is 34.8 Å². The summed E-state index contributed by atoms with van der Waals surface area (Å²) in [4.78, 5) is 25.0. The van der Waals surface area contributed by atoms with Crippen molar-refractivity contribution in [2.45, 2.75) is 75.9 Å². The largest absolute Gasteiger partial charge is 0.417 e. The second-order valence-electron chi connectivity index (χ2n) is 11.1. The number of carbonyl (C=O) groups excluding carboxylic acids is 2. The molecule has 1 aromatic rings. The second-order valence-corrected chi connectivity index (χ2v) is 13.0. The van der Waals surface area contributed by atoms with Gasteiger partial charge in [0.25, 0.3) is 0 Å². The Morgan fingerprint density at radius 3 is 2.17 bits per heavy atom. The second kappa shape index (κ2) is 8.57. The van der Waals surface area contributed by atoms with Gasteiger partial charge in [0.2, 0.25) is 15.9 Å². The first kappa shape index (κ1) is 26.1. The minimum absolute atomic E-state index is 0.0228. The molecule has 4 fully saturated rings. The maximum atomic E-state index is 13.6. The van der Waals surface area contributed by atoms with Gasteiger partial charge in [0.1, 0.15) is 0 Å². The van der Waals surface area contributed by atoms with E-state index in [9.17, 15) is 31.2 Å². The summed E-state index contributed by atoms with van der Waals surface area (Å²) < 4.78 is 68.5. The average molecular weight is 515 g/mol. The van der Waals surface area contributed by atoms with E-state index in [1.165, 1.54) is 26.8 Å². The fourth-order valence-corrected chi connectivity index (χ4v) is 9.27. The first-order valence-corrected chi connectivity index (χ1v) is 13.6. The minimum Gasteiger partial charge on any atom is -0.369 e. The number of alkyl halides is 3. The molecule has 0 heterocycles. The zero-order chi connectivity index (χ0) is 26.0. The van der Waals surface area contributed by atoms with E-state index in [2.05, 4.69) is 0 Å². The van der Waals surface area contributed by atoms with Crippen LogP contribution in [0.4, 0.5) is 13.2 Å². The molecule has 6 nitrogen and oxygen atoms in total. The average Bonchev–Trinajstić information content (AvgIpc) is 2.75. The Labute approximate surface area is 204 Å². The van der Waals surface area contributed by atoms with E-state index in [1.807, 2.05) is 0 Å². The Bertz CT molecular complexity index is 1120. The number of Topliss-reactive ketones (excluding diaryl/α,β-unsaturated/α-hetero) is 1. The van der Waals surface area contributed by atoms with Crippen LogP contribution in [0.15, 0.2) is 29.2 Å². The first-order chi connectivity index (χ1) is 16.1. The van der Waals surface area contributed by atoms with Crippen LogP contribution in [0.1, 0.15) is 64.9 Å². The Balaban J connectivity index is 1.60. The summed E-state index contributed by atoms with van der Waals surface area (Å²) in [7, 11) is -4.62. The fraction of sp³-hybridized carbons (Fsp3) is 0.680. The molecule has 10 heteroatoms. The molecule has 2 atom stereocenters. The van der Waals surface area contributed by atoms with Gasteiger partial charge in [0, 0.05) is 18.4 Å². The monoisotopic (exact) mass is 514 g/mol. The summed E-state index contributed by atoms with van der Waals surface area (Å²) in [6.07, 6.45) is -0.741. The first-order valence-electron chi connectivity index (χ1n) is 12.2. The number of amides is 1. The number of ketones is 1. The van der Waals surface area contributed by atoms with E-state index in [4.69, 9.17) is 5.73 Å². The molecule has 5 rings (SSSR count). The third-order valence-electron chi connectivity index (χ3n) is 8.77. The molecule has 4 bridgehead atoms. The Hall–Kier alpha value is -1.94. The number of halogens is 3. The van der Waals surface area contributed by atoms with Crippen molar-refractivity contribution in [1.82, 2.24) is 4.31 Å². The SMILES string of the molecule is CCN(C(C)(C)C(=O)CC1C2CC3CC1CC(C(N)=O)(C3)C2)S(=O)(=O)c1ccccc1C(F)(F)F. The van der Waals surface area contributed by atoms with Crippen molar-refractivity contribution < 1.29 is 31.2 Å². The van der Waals surface area contributed by atoms with Gasteiger partial charge in [-0.3, -0.25) is 9.59 Å². The van der Waals surface area contributed by atoms with Crippen LogP contribution < -0.4 is 5.73 Å². The zero-order valence-corrected chi connectivity index (χ0v) is 21.1. The van der Waals surface area contributed by atoms with Crippen LogP contribution in [0.3, 0.4) is 0 Å². The van der Waals surface area contributed by atoms with Crippen LogP contribution in [-0.2, 0) is 25.8 Å². The standard InChI is InChI=1S/C25H33F3N2O4S/c1-4-30(35(33,34)20-8-6-5-7-19(20)25(26,27)28)23(2,3)21(31)11-18-16-9-15-10-17(18)14-24(12-15,13-16)22(29)32/h5-8,15-18H,4,9-14H2,1-3H3,(H2,29,32). The van der Waals surface area contributed by atoms with Gasteiger partial charge in [-0.2, -0.15) is 17.5 Å². The van der Waals surface area contributed by atoms with Crippen LogP contribution in [0.25, 0.3) is 0 Å². The third kappa shape index (κ3) is 4.30. The topological polar surface area (TPSA) is 97.5 Å². The molecule has 0 aromatic heterocycles. The molecule has 2 N–H and O–H groups in total. The van der Waals surface area contributed by atoms with Gasteiger partial charge in [-0.15, -0.1) is 0 Å². The number of benzene rings is 1. The van der Waals surface area contributed by atoms with E-state index in [1.54, 1.807) is 0 Å². The maximum absolute atomic E-state index is 13.6. The molecule has 2 unspecified atom stereocenters. The summed E-state index contributed by atoms with van der Waals surface area (Å²) in [5, 5.41) is 0. The number of nitrogens with zero attached hydrogens (tertiary/aromatic N) is 1. The lowest BCUT2D eigenvalue weighted by molar-refractivity contribution is -0.152. The highest BCUT2D eigenvalue weighted by molar-refractivity contribution is 7.89. The van der Waals surface area contributed by atoms with E-state index in [-0.39, 0.29) is 42.4 Å². The zero-order valence-electron chi connectivity index (χ0n) is 20.3. The Morgan fingerprint density at radius 2 is 1.66 bits per heavy atom. The molecule has 0 saturated heterocycles. The van der Waals surface area contributed by atoms with E-state index < -0.39 is 37.6 Å². The molecule has 1 amide bonds. The number of rotatable bonds is 8. The van der Waals surface area contributed by atoms with Gasteiger partial charge in [-0.25, -0.2) is 8.42 Å². The summed E-state index contributed by atoms with van der Waals surface area (Å²) in [6, 6.07) is 4.05. The van der Waals surface area contributed by atoms with Crippen LogP contribution >= 0.6 is 0 Å². The summed E-state index contributed by atoms with van der Waals surface area (Å²) in [5.41, 5.74) is 2.47. The van der Waals surface area contributed by atoms with Crippen LogP contribution in [0, 0.1) is 29.1 Å². The van der Waals surface area contributed by atoms with Crippen molar-refractivity contribution >= 4 is 21.7 Å². The predicted molar refractivity (Wildman–Crippen MR) is 123 cm³/mol. The van der Waals surface area contributed by atoms with Crippen molar-refractivity contribution in [3.8, 4) is 0 Å². The molecule has 194 valence electrons. The summed E-state index contributed by atoms with van der Waals surface area (Å²) in [5.74, 6) is 0.198. The lowest BCUT2D eigenvalue weighted by atomic mass is 9.45. The number of hydrogen-bond donors (Lipinski definition) is 1. The number of likely N-dealkylation sites (N-methyl/N-ethyl adjacent to an activating group) is 1. The smallest absolute Gasteiger partial charge is 0.369 e. The molecule has 0 radical (unpaired) electrons. The fourth-order valence-electron chi connectivity index (χ4n) is 7.28. The van der Waals surface area contributed by atoms with Gasteiger partial charge < -0.3 is 5.73 Å². The molecule has 1 aromatic carbocycles. The minimum atomic E-state index is -4.85.